The first kappa shape index (κ1) is 25.5. The van der Waals surface area contributed by atoms with Crippen LogP contribution in [0, 0.1) is 19.1 Å². The van der Waals surface area contributed by atoms with Gasteiger partial charge in [0.05, 0.1) is 5.58 Å². The summed E-state index contributed by atoms with van der Waals surface area (Å²) in [4.78, 5) is 8.77. The summed E-state index contributed by atoms with van der Waals surface area (Å²) in [6.07, 6.45) is 3.61. The molecule has 0 atom stereocenters. The third kappa shape index (κ3) is 5.31. The number of fused-ring (bicyclic) bond motifs is 3. The van der Waals surface area contributed by atoms with Gasteiger partial charge >= 0.3 is 0 Å². The number of para-hydroxylation sites is 1. The van der Waals surface area contributed by atoms with Crippen molar-refractivity contribution in [2.24, 2.45) is 0 Å². The summed E-state index contributed by atoms with van der Waals surface area (Å²) in [5.74, 6) is 0.555. The summed E-state index contributed by atoms with van der Waals surface area (Å²) in [5.41, 5.74) is 8.08. The smallest absolute Gasteiger partial charge is 0.120 e. The second-order valence-electron chi connectivity index (χ2n) is 8.77. The van der Waals surface area contributed by atoms with Gasteiger partial charge in [-0.25, -0.2) is 0 Å². The molecule has 0 aliphatic rings. The van der Waals surface area contributed by atoms with Crippen LogP contribution in [0.4, 0.5) is 0 Å². The molecule has 36 heavy (non-hydrogen) atoms. The van der Waals surface area contributed by atoms with Crippen molar-refractivity contribution in [3.05, 3.63) is 121 Å². The Morgan fingerprint density at radius 2 is 1.58 bits per heavy atom. The van der Waals surface area contributed by atoms with Gasteiger partial charge in [-0.1, -0.05) is 72.7 Å². The van der Waals surface area contributed by atoms with Gasteiger partial charge in [-0.05, 0) is 36.5 Å². The number of nitrogens with zero attached hydrogens (tertiary/aromatic N) is 2. The van der Waals surface area contributed by atoms with Crippen molar-refractivity contribution in [2.75, 3.05) is 0 Å². The number of aromatic nitrogens is 2. The molecule has 0 amide bonds. The largest absolute Gasteiger partial charge is 0.501 e. The van der Waals surface area contributed by atoms with Gasteiger partial charge in [-0.3, -0.25) is 0 Å². The van der Waals surface area contributed by atoms with E-state index in [1.807, 2.05) is 54.6 Å². The van der Waals surface area contributed by atoms with Gasteiger partial charge in [-0.15, -0.1) is 53.6 Å². The molecule has 0 aliphatic carbocycles. The van der Waals surface area contributed by atoms with Crippen molar-refractivity contribution in [1.29, 1.82) is 0 Å². The van der Waals surface area contributed by atoms with Crippen LogP contribution in [-0.4, -0.2) is 9.97 Å². The minimum absolute atomic E-state index is 0. The molecule has 3 nitrogen and oxygen atoms in total. The number of rotatable bonds is 3. The number of hydrogen-bond donors (Lipinski definition) is 0. The van der Waals surface area contributed by atoms with E-state index in [2.05, 4.69) is 73.2 Å². The first-order chi connectivity index (χ1) is 17.1. The molecule has 6 aromatic rings. The van der Waals surface area contributed by atoms with E-state index >= 15 is 0 Å². The summed E-state index contributed by atoms with van der Waals surface area (Å²) in [5, 5.41) is 2.24. The Hall–Kier alpha value is -3.59. The Labute approximate surface area is 225 Å². The Bertz CT molecular complexity index is 1570. The summed E-state index contributed by atoms with van der Waals surface area (Å²) in [6, 6.07) is 34.8. The molecule has 0 N–H and O–H groups in total. The number of furan rings is 1. The molecule has 3 heterocycles. The number of pyridine rings is 2. The first-order valence-electron chi connectivity index (χ1n) is 11.8. The number of aryl methyl sites for hydroxylation is 1. The van der Waals surface area contributed by atoms with Gasteiger partial charge in [0.2, 0.25) is 0 Å². The van der Waals surface area contributed by atoms with Crippen LogP contribution in [0.2, 0.25) is 0 Å². The summed E-state index contributed by atoms with van der Waals surface area (Å²) in [7, 11) is 0. The molecular formula is C32H26IrN2O-2. The molecule has 0 bridgehead atoms. The molecule has 0 saturated heterocycles. The van der Waals surface area contributed by atoms with Crippen LogP contribution >= 0.6 is 0 Å². The van der Waals surface area contributed by atoms with Crippen molar-refractivity contribution in [2.45, 2.75) is 26.7 Å². The minimum atomic E-state index is 0. The van der Waals surface area contributed by atoms with Crippen LogP contribution in [-0.2, 0) is 20.1 Å². The van der Waals surface area contributed by atoms with Crippen molar-refractivity contribution < 1.29 is 24.5 Å². The Morgan fingerprint density at radius 3 is 2.31 bits per heavy atom. The molecule has 3 aromatic carbocycles. The summed E-state index contributed by atoms with van der Waals surface area (Å²) < 4.78 is 6.02. The zero-order chi connectivity index (χ0) is 24.2. The normalized spacial score (nSPS) is 10.7. The molecule has 0 aliphatic heterocycles. The average molecular weight is 647 g/mol. The predicted octanol–water partition coefficient (Wildman–Crippen LogP) is 8.43. The Morgan fingerprint density at radius 1 is 0.778 bits per heavy atom. The maximum Gasteiger partial charge on any atom is 0.120 e. The van der Waals surface area contributed by atoms with Crippen LogP contribution in [0.15, 0.2) is 102 Å². The van der Waals surface area contributed by atoms with E-state index < -0.39 is 0 Å². The van der Waals surface area contributed by atoms with E-state index in [4.69, 9.17) is 4.42 Å². The maximum absolute atomic E-state index is 6.02. The molecule has 1 radical (unpaired) electrons. The van der Waals surface area contributed by atoms with E-state index in [1.54, 1.807) is 12.4 Å². The fourth-order valence-corrected chi connectivity index (χ4v) is 4.09. The number of benzene rings is 3. The Balaban J connectivity index is 0.000000172. The predicted molar refractivity (Wildman–Crippen MR) is 143 cm³/mol. The second-order valence-corrected chi connectivity index (χ2v) is 8.77. The van der Waals surface area contributed by atoms with Crippen molar-refractivity contribution >= 4 is 21.9 Å². The van der Waals surface area contributed by atoms with Gasteiger partial charge < -0.3 is 14.4 Å². The van der Waals surface area contributed by atoms with Gasteiger partial charge in [0, 0.05) is 37.9 Å². The molecule has 181 valence electrons. The SMILES string of the molecule is CC(C)c1c[c-]c(-c2ccccn2)cc1.Cc1cccnc1-c1[c-]ccc2c1oc1ccccc12.[Ir]. The topological polar surface area (TPSA) is 38.9 Å². The zero-order valence-electron chi connectivity index (χ0n) is 20.5. The molecule has 3 aromatic heterocycles. The Kier molecular flexibility index (Phi) is 8.10. The van der Waals surface area contributed by atoms with E-state index in [1.165, 1.54) is 5.56 Å². The minimum Gasteiger partial charge on any atom is -0.501 e. The van der Waals surface area contributed by atoms with E-state index in [9.17, 15) is 0 Å². The van der Waals surface area contributed by atoms with Gasteiger partial charge in [0.1, 0.15) is 5.58 Å². The monoisotopic (exact) mass is 647 g/mol. The van der Waals surface area contributed by atoms with E-state index in [-0.39, 0.29) is 20.1 Å². The quantitative estimate of drug-likeness (QED) is 0.181. The molecule has 0 unspecified atom stereocenters. The summed E-state index contributed by atoms with van der Waals surface area (Å²) in [6.45, 7) is 6.42. The average Bonchev–Trinajstić information content (AvgIpc) is 3.29. The van der Waals surface area contributed by atoms with Crippen molar-refractivity contribution in [3.63, 3.8) is 0 Å². The number of hydrogen-bond acceptors (Lipinski definition) is 3. The zero-order valence-corrected chi connectivity index (χ0v) is 22.8. The maximum atomic E-state index is 6.02. The third-order valence-corrected chi connectivity index (χ3v) is 6.03. The van der Waals surface area contributed by atoms with Gasteiger partial charge in [0.25, 0.3) is 0 Å². The fraction of sp³-hybridized carbons (Fsp3) is 0.125. The van der Waals surface area contributed by atoms with E-state index in [0.717, 1.165) is 50.0 Å². The molecule has 0 fully saturated rings. The van der Waals surface area contributed by atoms with Crippen LogP contribution < -0.4 is 0 Å². The van der Waals surface area contributed by atoms with Crippen molar-refractivity contribution in [1.82, 2.24) is 9.97 Å². The molecule has 0 saturated carbocycles. The molecule has 6 rings (SSSR count). The van der Waals surface area contributed by atoms with Crippen LogP contribution in [0.1, 0.15) is 30.9 Å². The van der Waals surface area contributed by atoms with Gasteiger partial charge in [0.15, 0.2) is 0 Å². The molecule has 0 spiro atoms. The van der Waals surface area contributed by atoms with E-state index in [0.29, 0.717) is 5.92 Å². The third-order valence-electron chi connectivity index (χ3n) is 6.03. The summed E-state index contributed by atoms with van der Waals surface area (Å²) >= 11 is 0. The van der Waals surface area contributed by atoms with Gasteiger partial charge in [-0.2, -0.15) is 0 Å². The van der Waals surface area contributed by atoms with Crippen LogP contribution in [0.25, 0.3) is 44.5 Å². The van der Waals surface area contributed by atoms with Crippen molar-refractivity contribution in [3.8, 4) is 22.5 Å². The standard InChI is InChI=1S/C18H12NO.C14H14N.Ir/c1-12-6-5-11-19-17(12)15-9-4-8-14-13-7-2-3-10-16(13)20-18(14)15;1-11(2)12-6-8-13(9-7-12)14-5-3-4-10-15-14;/h2-8,10-11H,1H3;3-8,10-11H,1-2H3;/q2*-1;. The molecule has 4 heteroatoms. The second kappa shape index (κ2) is 11.4. The first-order valence-corrected chi connectivity index (χ1v) is 11.8. The van der Waals surface area contributed by atoms with Crippen LogP contribution in [0.3, 0.4) is 0 Å². The molecular weight excluding hydrogens is 621 g/mol. The fourth-order valence-electron chi connectivity index (χ4n) is 4.09. The van der Waals surface area contributed by atoms with Crippen LogP contribution in [0.5, 0.6) is 0 Å².